The first-order valence-corrected chi connectivity index (χ1v) is 4.72. The summed E-state index contributed by atoms with van der Waals surface area (Å²) in [5, 5.41) is 0. The highest BCUT2D eigenvalue weighted by atomic mass is 16.1. The van der Waals surface area contributed by atoms with Gasteiger partial charge >= 0.3 is 0 Å². The van der Waals surface area contributed by atoms with Crippen LogP contribution in [0.1, 0.15) is 18.2 Å². The molecular weight excluding hydrogens is 186 g/mol. The molecule has 2 rings (SSSR count). The number of rotatable bonds is 2. The molecule has 1 heterocycles. The molecule has 0 unspecified atom stereocenters. The Kier molecular flexibility index (Phi) is 2.28. The van der Waals surface area contributed by atoms with Crippen molar-refractivity contribution in [2.75, 3.05) is 0 Å². The van der Waals surface area contributed by atoms with Crippen molar-refractivity contribution >= 4 is 17.4 Å². The highest BCUT2D eigenvalue weighted by Gasteiger charge is 2.14. The second-order valence-corrected chi connectivity index (χ2v) is 3.41. The second-order valence-electron chi connectivity index (χ2n) is 3.41. The Balaban J connectivity index is 2.65. The van der Waals surface area contributed by atoms with Crippen LogP contribution in [0.15, 0.2) is 42.3 Å². The number of aromatic amines is 1. The number of carbonyl (C=O) groups is 1. The molecule has 1 aliphatic rings. The van der Waals surface area contributed by atoms with Crippen molar-refractivity contribution in [1.29, 1.82) is 0 Å². The Morgan fingerprint density at radius 2 is 2.40 bits per heavy atom. The van der Waals surface area contributed by atoms with Crippen LogP contribution < -0.4 is 0 Å². The lowest BCUT2D eigenvalue weighted by atomic mass is 10.0. The van der Waals surface area contributed by atoms with Gasteiger partial charge < -0.3 is 4.98 Å². The molecule has 15 heavy (non-hydrogen) atoms. The van der Waals surface area contributed by atoms with E-state index in [-0.39, 0.29) is 5.78 Å². The lowest BCUT2D eigenvalue weighted by molar-refractivity contribution is -0.109. The van der Waals surface area contributed by atoms with Crippen LogP contribution in [0.2, 0.25) is 0 Å². The van der Waals surface area contributed by atoms with Gasteiger partial charge in [-0.25, -0.2) is 0 Å². The van der Waals surface area contributed by atoms with Crippen molar-refractivity contribution < 1.29 is 4.79 Å². The first-order valence-electron chi connectivity index (χ1n) is 4.72. The quantitative estimate of drug-likeness (QED) is 0.574. The summed E-state index contributed by atoms with van der Waals surface area (Å²) in [5.41, 5.74) is 6.50. The molecule has 1 N–H and O–H groups in total. The van der Waals surface area contributed by atoms with E-state index >= 15 is 0 Å². The van der Waals surface area contributed by atoms with Gasteiger partial charge in [0, 0.05) is 17.3 Å². The van der Waals surface area contributed by atoms with Gasteiger partial charge in [0.2, 0.25) is 0 Å². The predicted molar refractivity (Wildman–Crippen MR) is 61.1 cm³/mol. The van der Waals surface area contributed by atoms with Crippen LogP contribution in [0.3, 0.4) is 0 Å². The molecule has 0 saturated heterocycles. The lowest BCUT2D eigenvalue weighted by Gasteiger charge is -2.01. The fraction of sp³-hybridized carbons (Fsp3) is 0.0769. The van der Waals surface area contributed by atoms with E-state index < -0.39 is 0 Å². The third kappa shape index (κ3) is 1.63. The zero-order chi connectivity index (χ0) is 10.8. The Morgan fingerprint density at radius 1 is 1.60 bits per heavy atom. The topological polar surface area (TPSA) is 32.9 Å². The minimum atomic E-state index is -0.0739. The smallest absolute Gasteiger partial charge is 0.187 e. The van der Waals surface area contributed by atoms with Crippen molar-refractivity contribution in [3.8, 4) is 0 Å². The van der Waals surface area contributed by atoms with E-state index in [4.69, 9.17) is 0 Å². The van der Waals surface area contributed by atoms with Gasteiger partial charge in [-0.15, -0.1) is 5.73 Å². The van der Waals surface area contributed by atoms with Crippen LogP contribution in [0.4, 0.5) is 0 Å². The van der Waals surface area contributed by atoms with Gasteiger partial charge in [0.05, 0.1) is 5.69 Å². The van der Waals surface area contributed by atoms with Crippen molar-refractivity contribution in [3.63, 3.8) is 0 Å². The minimum absolute atomic E-state index is 0.0739. The molecule has 0 amide bonds. The van der Waals surface area contributed by atoms with Crippen molar-refractivity contribution in [3.05, 3.63) is 53.6 Å². The maximum atomic E-state index is 11.7. The molecule has 1 aliphatic carbocycles. The Bertz CT molecular complexity index is 522. The first-order chi connectivity index (χ1) is 7.22. The maximum Gasteiger partial charge on any atom is 0.187 e. The molecule has 0 radical (unpaired) electrons. The van der Waals surface area contributed by atoms with E-state index in [2.05, 4.69) is 17.3 Å². The SMILES string of the molecule is C=CC(=O)C1=CC(C)=C=Cc2cc[nH]c21. The number of aromatic nitrogens is 1. The molecule has 0 aromatic carbocycles. The van der Waals surface area contributed by atoms with E-state index in [9.17, 15) is 4.79 Å². The second kappa shape index (κ2) is 3.60. The van der Waals surface area contributed by atoms with Crippen LogP contribution >= 0.6 is 0 Å². The monoisotopic (exact) mass is 197 g/mol. The summed E-state index contributed by atoms with van der Waals surface area (Å²) in [6.07, 6.45) is 6.84. The number of nitrogens with one attached hydrogen (secondary N) is 1. The molecule has 2 nitrogen and oxygen atoms in total. The highest BCUT2D eigenvalue weighted by molar-refractivity contribution is 6.26. The average Bonchev–Trinajstić information content (AvgIpc) is 2.64. The van der Waals surface area contributed by atoms with E-state index in [0.29, 0.717) is 5.57 Å². The number of hydrogen-bond donors (Lipinski definition) is 1. The molecule has 0 spiro atoms. The maximum absolute atomic E-state index is 11.7. The fourth-order valence-corrected chi connectivity index (χ4v) is 1.56. The van der Waals surface area contributed by atoms with Gasteiger partial charge in [-0.1, -0.05) is 6.58 Å². The fourth-order valence-electron chi connectivity index (χ4n) is 1.56. The summed E-state index contributed by atoms with van der Waals surface area (Å²) in [5.74, 6) is -0.0739. The zero-order valence-electron chi connectivity index (χ0n) is 8.50. The van der Waals surface area contributed by atoms with Gasteiger partial charge in [-0.05, 0) is 36.8 Å². The Morgan fingerprint density at radius 3 is 3.13 bits per heavy atom. The molecule has 0 aliphatic heterocycles. The van der Waals surface area contributed by atoms with E-state index in [0.717, 1.165) is 16.8 Å². The van der Waals surface area contributed by atoms with E-state index in [1.165, 1.54) is 6.08 Å². The molecule has 0 saturated carbocycles. The number of fused-ring (bicyclic) bond motifs is 1. The summed E-state index contributed by atoms with van der Waals surface area (Å²) < 4.78 is 0. The number of H-pyrrole nitrogens is 1. The third-order valence-electron chi connectivity index (χ3n) is 2.32. The minimum Gasteiger partial charge on any atom is -0.361 e. The summed E-state index contributed by atoms with van der Waals surface area (Å²) in [6.45, 7) is 5.42. The molecule has 1 aromatic heterocycles. The van der Waals surface area contributed by atoms with E-state index in [1.807, 2.05) is 31.3 Å². The average molecular weight is 197 g/mol. The van der Waals surface area contributed by atoms with Gasteiger partial charge in [0.1, 0.15) is 0 Å². The summed E-state index contributed by atoms with van der Waals surface area (Å²) in [6, 6.07) is 1.92. The molecule has 2 heteroatoms. The van der Waals surface area contributed by atoms with Crippen LogP contribution in [0, 0.1) is 0 Å². The van der Waals surface area contributed by atoms with Gasteiger partial charge in [0.25, 0.3) is 0 Å². The summed E-state index contributed by atoms with van der Waals surface area (Å²) in [4.78, 5) is 14.7. The number of carbonyl (C=O) groups excluding carboxylic acids is 1. The lowest BCUT2D eigenvalue weighted by Crippen LogP contribution is -1.99. The van der Waals surface area contributed by atoms with Crippen LogP contribution in [0.5, 0.6) is 0 Å². The highest BCUT2D eigenvalue weighted by Crippen LogP contribution is 2.24. The number of ketones is 1. The summed E-state index contributed by atoms with van der Waals surface area (Å²) in [7, 11) is 0. The third-order valence-corrected chi connectivity index (χ3v) is 2.32. The van der Waals surface area contributed by atoms with Crippen LogP contribution in [-0.4, -0.2) is 10.8 Å². The van der Waals surface area contributed by atoms with E-state index in [1.54, 1.807) is 0 Å². The zero-order valence-corrected chi connectivity index (χ0v) is 8.50. The molecule has 0 bridgehead atoms. The Labute approximate surface area is 88.3 Å². The van der Waals surface area contributed by atoms with Crippen molar-refractivity contribution in [1.82, 2.24) is 4.98 Å². The largest absolute Gasteiger partial charge is 0.361 e. The van der Waals surface area contributed by atoms with Gasteiger partial charge in [0.15, 0.2) is 5.78 Å². The summed E-state index contributed by atoms with van der Waals surface area (Å²) >= 11 is 0. The molecule has 0 atom stereocenters. The standard InChI is InChI=1S/C13H11NO/c1-3-12(15)11-8-9(2)4-5-10-6-7-14-13(10)11/h3,5-8,14H,1H2,2H3. The molecular formula is C13H11NO. The van der Waals surface area contributed by atoms with Crippen molar-refractivity contribution in [2.45, 2.75) is 6.92 Å². The van der Waals surface area contributed by atoms with Crippen molar-refractivity contribution in [2.24, 2.45) is 0 Å². The molecule has 1 aromatic rings. The number of hydrogen-bond acceptors (Lipinski definition) is 1. The molecule has 74 valence electrons. The normalized spacial score (nSPS) is 13.7. The van der Waals surface area contributed by atoms with Crippen LogP contribution in [0.25, 0.3) is 11.6 Å². The first kappa shape index (κ1) is 9.50. The van der Waals surface area contributed by atoms with Gasteiger partial charge in [-0.3, -0.25) is 4.79 Å². The molecule has 0 fully saturated rings. The number of allylic oxidation sites excluding steroid dienone is 4. The van der Waals surface area contributed by atoms with Crippen LogP contribution in [-0.2, 0) is 4.79 Å². The Hall–Kier alpha value is -2.05. The predicted octanol–water partition coefficient (Wildman–Crippen LogP) is 2.73. The van der Waals surface area contributed by atoms with Gasteiger partial charge in [-0.2, -0.15) is 0 Å².